The van der Waals surface area contributed by atoms with Crippen LogP contribution in [0.2, 0.25) is 0 Å². The number of anilines is 1. The van der Waals surface area contributed by atoms with Crippen molar-refractivity contribution in [2.45, 2.75) is 0 Å². The Morgan fingerprint density at radius 1 is 1.10 bits per heavy atom. The summed E-state index contributed by atoms with van der Waals surface area (Å²) in [6, 6.07) is 7.50. The van der Waals surface area contributed by atoms with Crippen molar-refractivity contribution in [2.24, 2.45) is 0 Å². The third kappa shape index (κ3) is 2.67. The molecule has 7 heteroatoms. The van der Waals surface area contributed by atoms with Crippen molar-refractivity contribution in [3.05, 3.63) is 24.3 Å². The lowest BCUT2D eigenvalue weighted by molar-refractivity contribution is 0.122. The van der Waals surface area contributed by atoms with Gasteiger partial charge in [0.05, 0.1) is 20.3 Å². The maximum Gasteiger partial charge on any atom is 0.264 e. The van der Waals surface area contributed by atoms with Crippen molar-refractivity contribution in [1.82, 2.24) is 20.4 Å². The van der Waals surface area contributed by atoms with Gasteiger partial charge < -0.3 is 14.4 Å². The summed E-state index contributed by atoms with van der Waals surface area (Å²) >= 11 is 0. The minimum Gasteiger partial charge on any atom is -0.497 e. The molecular formula is C13H15N5O2. The molecule has 0 bridgehead atoms. The normalized spacial score (nSPS) is 15.2. The van der Waals surface area contributed by atoms with E-state index in [0.717, 1.165) is 24.4 Å². The number of ether oxygens (including phenoxy) is 2. The first-order chi connectivity index (χ1) is 9.86. The number of benzene rings is 1. The number of hydrogen-bond acceptors (Lipinski definition) is 7. The summed E-state index contributed by atoms with van der Waals surface area (Å²) < 4.78 is 10.5. The fourth-order valence-electron chi connectivity index (χ4n) is 1.99. The van der Waals surface area contributed by atoms with E-state index in [-0.39, 0.29) is 0 Å². The van der Waals surface area contributed by atoms with E-state index in [2.05, 4.69) is 20.4 Å². The van der Waals surface area contributed by atoms with Gasteiger partial charge in [-0.2, -0.15) is 0 Å². The van der Waals surface area contributed by atoms with Crippen LogP contribution in [0.5, 0.6) is 5.75 Å². The van der Waals surface area contributed by atoms with E-state index in [1.165, 1.54) is 0 Å². The molecular weight excluding hydrogens is 258 g/mol. The highest BCUT2D eigenvalue weighted by atomic mass is 16.5. The zero-order valence-corrected chi connectivity index (χ0v) is 11.2. The van der Waals surface area contributed by atoms with E-state index in [9.17, 15) is 0 Å². The molecule has 2 aromatic rings. The number of methoxy groups -OCH3 is 1. The summed E-state index contributed by atoms with van der Waals surface area (Å²) in [5, 5.41) is 16.6. The molecule has 0 aliphatic carbocycles. The SMILES string of the molecule is COc1cccc(-c2nnc(N3CCOCC3)nn2)c1. The average Bonchev–Trinajstić information content (AvgIpc) is 2.56. The Morgan fingerprint density at radius 2 is 1.85 bits per heavy atom. The molecule has 0 radical (unpaired) electrons. The summed E-state index contributed by atoms with van der Waals surface area (Å²) in [5.74, 6) is 1.78. The van der Waals surface area contributed by atoms with E-state index in [0.29, 0.717) is 25.0 Å². The predicted molar refractivity (Wildman–Crippen MR) is 72.6 cm³/mol. The van der Waals surface area contributed by atoms with E-state index in [4.69, 9.17) is 9.47 Å². The zero-order chi connectivity index (χ0) is 13.8. The van der Waals surface area contributed by atoms with E-state index in [1.54, 1.807) is 7.11 Å². The fraction of sp³-hybridized carbons (Fsp3) is 0.385. The third-order valence-electron chi connectivity index (χ3n) is 3.09. The minimum absolute atomic E-state index is 0.487. The van der Waals surface area contributed by atoms with E-state index in [1.807, 2.05) is 29.2 Å². The molecule has 7 nitrogen and oxygen atoms in total. The molecule has 20 heavy (non-hydrogen) atoms. The van der Waals surface area contributed by atoms with Gasteiger partial charge in [0.25, 0.3) is 5.95 Å². The second kappa shape index (κ2) is 5.79. The zero-order valence-electron chi connectivity index (χ0n) is 11.2. The molecule has 0 atom stereocenters. The van der Waals surface area contributed by atoms with Crippen LogP contribution in [-0.4, -0.2) is 53.8 Å². The molecule has 1 saturated heterocycles. The van der Waals surface area contributed by atoms with Crippen molar-refractivity contribution < 1.29 is 9.47 Å². The molecule has 0 N–H and O–H groups in total. The van der Waals surface area contributed by atoms with Crippen LogP contribution in [0.25, 0.3) is 11.4 Å². The number of aromatic nitrogens is 4. The summed E-state index contributed by atoms with van der Waals surface area (Å²) in [7, 11) is 1.62. The molecule has 1 fully saturated rings. The van der Waals surface area contributed by atoms with Crippen LogP contribution in [0.3, 0.4) is 0 Å². The van der Waals surface area contributed by atoms with Gasteiger partial charge in [-0.1, -0.05) is 12.1 Å². The lowest BCUT2D eigenvalue weighted by Crippen LogP contribution is -2.37. The van der Waals surface area contributed by atoms with Crippen LogP contribution in [0.4, 0.5) is 5.95 Å². The topological polar surface area (TPSA) is 73.3 Å². The van der Waals surface area contributed by atoms with Gasteiger partial charge in [-0.3, -0.25) is 0 Å². The largest absolute Gasteiger partial charge is 0.497 e. The standard InChI is InChI=1S/C13H15N5O2/c1-19-11-4-2-3-10(9-11)12-14-16-13(17-15-12)18-5-7-20-8-6-18/h2-4,9H,5-8H2,1H3. The number of morpholine rings is 1. The van der Waals surface area contributed by atoms with Crippen molar-refractivity contribution in [3.8, 4) is 17.1 Å². The minimum atomic E-state index is 0.487. The Labute approximate surface area is 116 Å². The van der Waals surface area contributed by atoms with Crippen molar-refractivity contribution >= 4 is 5.95 Å². The molecule has 104 valence electrons. The van der Waals surface area contributed by atoms with E-state index < -0.39 is 0 Å². The molecule has 1 aromatic heterocycles. The molecule has 0 spiro atoms. The summed E-state index contributed by atoms with van der Waals surface area (Å²) in [6.45, 7) is 2.89. The van der Waals surface area contributed by atoms with Gasteiger partial charge in [-0.25, -0.2) is 0 Å². The second-order valence-corrected chi connectivity index (χ2v) is 4.35. The van der Waals surface area contributed by atoms with Crippen LogP contribution in [0.1, 0.15) is 0 Å². The molecule has 2 heterocycles. The van der Waals surface area contributed by atoms with Crippen molar-refractivity contribution in [3.63, 3.8) is 0 Å². The van der Waals surface area contributed by atoms with Gasteiger partial charge in [0.15, 0.2) is 0 Å². The van der Waals surface area contributed by atoms with Gasteiger partial charge in [-0.15, -0.1) is 20.4 Å². The molecule has 0 saturated carbocycles. The quantitative estimate of drug-likeness (QED) is 0.818. The Morgan fingerprint density at radius 3 is 2.55 bits per heavy atom. The Hall–Kier alpha value is -2.28. The number of hydrogen-bond donors (Lipinski definition) is 0. The van der Waals surface area contributed by atoms with Crippen LogP contribution < -0.4 is 9.64 Å². The summed E-state index contributed by atoms with van der Waals surface area (Å²) in [5.41, 5.74) is 0.831. The van der Waals surface area contributed by atoms with Crippen LogP contribution in [-0.2, 0) is 4.74 Å². The first-order valence-corrected chi connectivity index (χ1v) is 6.41. The highest BCUT2D eigenvalue weighted by Crippen LogP contribution is 2.20. The van der Waals surface area contributed by atoms with Crippen molar-refractivity contribution in [2.75, 3.05) is 38.3 Å². The first kappa shape index (κ1) is 12.7. The van der Waals surface area contributed by atoms with E-state index >= 15 is 0 Å². The van der Waals surface area contributed by atoms with Gasteiger partial charge >= 0.3 is 0 Å². The molecule has 1 aromatic carbocycles. The monoisotopic (exact) mass is 273 g/mol. The number of nitrogens with zero attached hydrogens (tertiary/aromatic N) is 5. The lowest BCUT2D eigenvalue weighted by Gasteiger charge is -2.25. The van der Waals surface area contributed by atoms with Crippen LogP contribution in [0, 0.1) is 0 Å². The maximum absolute atomic E-state index is 5.29. The summed E-state index contributed by atoms with van der Waals surface area (Å²) in [6.07, 6.45) is 0. The highest BCUT2D eigenvalue weighted by molar-refractivity contribution is 5.56. The highest BCUT2D eigenvalue weighted by Gasteiger charge is 2.15. The Bertz CT molecular complexity index is 569. The van der Waals surface area contributed by atoms with Gasteiger partial charge in [0, 0.05) is 18.7 Å². The number of rotatable bonds is 3. The summed E-state index contributed by atoms with van der Waals surface area (Å²) in [4.78, 5) is 2.01. The molecule has 3 rings (SSSR count). The molecule has 0 amide bonds. The Balaban J connectivity index is 1.81. The lowest BCUT2D eigenvalue weighted by atomic mass is 10.2. The van der Waals surface area contributed by atoms with Gasteiger partial charge in [0.1, 0.15) is 5.75 Å². The molecule has 0 unspecified atom stereocenters. The second-order valence-electron chi connectivity index (χ2n) is 4.35. The predicted octanol–water partition coefficient (Wildman–Crippen LogP) is 0.779. The average molecular weight is 273 g/mol. The van der Waals surface area contributed by atoms with Crippen molar-refractivity contribution in [1.29, 1.82) is 0 Å². The van der Waals surface area contributed by atoms with Crippen LogP contribution >= 0.6 is 0 Å². The first-order valence-electron chi connectivity index (χ1n) is 6.41. The maximum atomic E-state index is 5.29. The molecule has 1 aliphatic rings. The molecule has 1 aliphatic heterocycles. The smallest absolute Gasteiger partial charge is 0.264 e. The fourth-order valence-corrected chi connectivity index (χ4v) is 1.99. The van der Waals surface area contributed by atoms with Gasteiger partial charge in [0.2, 0.25) is 5.82 Å². The van der Waals surface area contributed by atoms with Crippen LogP contribution in [0.15, 0.2) is 24.3 Å². The Kier molecular flexibility index (Phi) is 3.69. The van der Waals surface area contributed by atoms with Gasteiger partial charge in [-0.05, 0) is 12.1 Å². The third-order valence-corrected chi connectivity index (χ3v) is 3.09.